The van der Waals surface area contributed by atoms with E-state index in [0.29, 0.717) is 12.0 Å². The number of hydrogen-bond donors (Lipinski definition) is 2. The first-order chi connectivity index (χ1) is 8.89. The summed E-state index contributed by atoms with van der Waals surface area (Å²) in [7, 11) is 0. The fourth-order valence-corrected chi connectivity index (χ4v) is 3.86. The average Bonchev–Trinajstić information content (AvgIpc) is 2.75. The normalized spacial score (nSPS) is 22.2. The van der Waals surface area contributed by atoms with Crippen LogP contribution in [0.15, 0.2) is 4.99 Å². The second-order valence-corrected chi connectivity index (χ2v) is 7.73. The number of rotatable bonds is 2. The molecular formula is C14H25N3OS. The Morgan fingerprint density at radius 1 is 1.37 bits per heavy atom. The first-order valence-corrected chi connectivity index (χ1v) is 8.09. The maximum absolute atomic E-state index is 11.7. The molecule has 1 saturated carbocycles. The quantitative estimate of drug-likeness (QED) is 0.816. The highest BCUT2D eigenvalue weighted by Crippen LogP contribution is 2.43. The lowest BCUT2D eigenvalue weighted by atomic mass is 9.89. The van der Waals surface area contributed by atoms with Crippen molar-refractivity contribution < 1.29 is 4.79 Å². The van der Waals surface area contributed by atoms with E-state index in [0.717, 1.165) is 17.5 Å². The number of carbonyl (C=O) groups is 1. The molecule has 2 aliphatic rings. The summed E-state index contributed by atoms with van der Waals surface area (Å²) in [4.78, 5) is 16.3. The second kappa shape index (κ2) is 5.73. The number of nitrogens with one attached hydrogen (secondary N) is 2. The van der Waals surface area contributed by atoms with Crippen molar-refractivity contribution in [3.63, 3.8) is 0 Å². The predicted octanol–water partition coefficient (Wildman–Crippen LogP) is 2.15. The maximum atomic E-state index is 11.7. The van der Waals surface area contributed by atoms with Gasteiger partial charge in [0.25, 0.3) is 0 Å². The Kier molecular flexibility index (Phi) is 4.43. The second-order valence-electron chi connectivity index (χ2n) is 6.77. The van der Waals surface area contributed by atoms with Gasteiger partial charge in [-0.1, -0.05) is 24.6 Å². The van der Waals surface area contributed by atoms with Crippen molar-refractivity contribution in [2.75, 3.05) is 18.8 Å². The van der Waals surface area contributed by atoms with E-state index in [2.05, 4.69) is 15.6 Å². The Labute approximate surface area is 120 Å². The van der Waals surface area contributed by atoms with Crippen molar-refractivity contribution in [3.05, 3.63) is 0 Å². The summed E-state index contributed by atoms with van der Waals surface area (Å²) >= 11 is 1.78. The molecular weight excluding hydrogens is 258 g/mol. The third kappa shape index (κ3) is 4.41. The first kappa shape index (κ1) is 14.7. The Morgan fingerprint density at radius 2 is 2.05 bits per heavy atom. The lowest BCUT2D eigenvalue weighted by Crippen LogP contribution is -2.46. The molecule has 2 N–H and O–H groups in total. The van der Waals surface area contributed by atoms with Crippen LogP contribution in [0.1, 0.15) is 46.5 Å². The lowest BCUT2D eigenvalue weighted by molar-refractivity contribution is -0.121. The fraction of sp³-hybridized carbons (Fsp3) is 0.857. The lowest BCUT2D eigenvalue weighted by Gasteiger charge is -2.31. The molecule has 2 rings (SSSR count). The number of aliphatic imine (C=N–C) groups is 1. The minimum Gasteiger partial charge on any atom is -0.356 e. The molecule has 1 spiro atoms. The molecule has 0 radical (unpaired) electrons. The molecule has 0 unspecified atom stereocenters. The Hall–Kier alpha value is -0.710. The van der Waals surface area contributed by atoms with Gasteiger partial charge in [0.05, 0.1) is 6.54 Å². The van der Waals surface area contributed by atoms with Crippen LogP contribution in [0.3, 0.4) is 0 Å². The molecule has 1 fully saturated rings. The van der Waals surface area contributed by atoms with Gasteiger partial charge in [0.2, 0.25) is 5.91 Å². The molecule has 19 heavy (non-hydrogen) atoms. The summed E-state index contributed by atoms with van der Waals surface area (Å²) < 4.78 is 0. The van der Waals surface area contributed by atoms with Crippen molar-refractivity contribution in [1.82, 2.24) is 10.6 Å². The van der Waals surface area contributed by atoms with Crippen LogP contribution >= 0.6 is 11.8 Å². The minimum atomic E-state index is -0.172. The maximum Gasteiger partial charge on any atom is 0.239 e. The van der Waals surface area contributed by atoms with Crippen LogP contribution in [0.25, 0.3) is 0 Å². The minimum absolute atomic E-state index is 0.0250. The molecule has 1 heterocycles. The summed E-state index contributed by atoms with van der Waals surface area (Å²) in [5.41, 5.74) is 0.289. The van der Waals surface area contributed by atoms with Crippen LogP contribution in [0.5, 0.6) is 0 Å². The monoisotopic (exact) mass is 283 g/mol. The molecule has 0 aromatic rings. The highest BCUT2D eigenvalue weighted by atomic mass is 32.2. The molecule has 0 atom stereocenters. The zero-order valence-electron chi connectivity index (χ0n) is 12.2. The van der Waals surface area contributed by atoms with E-state index < -0.39 is 0 Å². The van der Waals surface area contributed by atoms with Crippen LogP contribution in [0, 0.1) is 5.41 Å². The summed E-state index contributed by atoms with van der Waals surface area (Å²) in [6.07, 6.45) is 5.35. The van der Waals surface area contributed by atoms with Gasteiger partial charge in [-0.25, -0.2) is 0 Å². The van der Waals surface area contributed by atoms with Gasteiger partial charge < -0.3 is 10.6 Å². The van der Waals surface area contributed by atoms with Crippen molar-refractivity contribution >= 4 is 22.8 Å². The number of amides is 1. The van der Waals surface area contributed by atoms with E-state index in [1.54, 1.807) is 11.8 Å². The number of nitrogens with zero attached hydrogens (tertiary/aromatic N) is 1. The van der Waals surface area contributed by atoms with Crippen molar-refractivity contribution in [3.8, 4) is 0 Å². The first-order valence-electron chi connectivity index (χ1n) is 7.11. The van der Waals surface area contributed by atoms with Gasteiger partial charge in [0, 0.05) is 17.8 Å². The molecule has 4 nitrogen and oxygen atoms in total. The Morgan fingerprint density at radius 3 is 2.58 bits per heavy atom. The predicted molar refractivity (Wildman–Crippen MR) is 81.6 cm³/mol. The topological polar surface area (TPSA) is 53.5 Å². The van der Waals surface area contributed by atoms with E-state index in [9.17, 15) is 4.79 Å². The molecule has 0 saturated heterocycles. The average molecular weight is 283 g/mol. The van der Waals surface area contributed by atoms with Gasteiger partial charge in [-0.05, 0) is 39.0 Å². The molecule has 0 aromatic carbocycles. The highest BCUT2D eigenvalue weighted by molar-refractivity contribution is 8.13. The van der Waals surface area contributed by atoms with Gasteiger partial charge in [-0.2, -0.15) is 0 Å². The Bertz CT molecular complexity index is 367. The van der Waals surface area contributed by atoms with Gasteiger partial charge >= 0.3 is 0 Å². The van der Waals surface area contributed by atoms with E-state index >= 15 is 0 Å². The third-order valence-electron chi connectivity index (χ3n) is 3.65. The molecule has 0 bridgehead atoms. The smallest absolute Gasteiger partial charge is 0.239 e. The Balaban J connectivity index is 1.75. The molecule has 1 amide bonds. The summed E-state index contributed by atoms with van der Waals surface area (Å²) in [5, 5.41) is 7.02. The van der Waals surface area contributed by atoms with E-state index in [-0.39, 0.29) is 11.4 Å². The van der Waals surface area contributed by atoms with E-state index in [1.165, 1.54) is 25.7 Å². The van der Waals surface area contributed by atoms with Crippen molar-refractivity contribution in [2.24, 2.45) is 10.4 Å². The molecule has 1 aliphatic heterocycles. The van der Waals surface area contributed by atoms with Crippen LogP contribution < -0.4 is 10.6 Å². The van der Waals surface area contributed by atoms with Crippen molar-refractivity contribution in [2.45, 2.75) is 52.0 Å². The van der Waals surface area contributed by atoms with E-state index in [1.807, 2.05) is 20.8 Å². The van der Waals surface area contributed by atoms with Gasteiger partial charge in [0.1, 0.15) is 0 Å². The standard InChI is InChI=1S/C14H25N3OS/c1-13(2,3)17-11(18)8-15-12-16-9-14(10-19-12)6-4-5-7-14/h4-10H2,1-3H3,(H,15,16)(H,17,18). The molecule has 1 aliphatic carbocycles. The fourth-order valence-electron chi connectivity index (χ4n) is 2.70. The van der Waals surface area contributed by atoms with Gasteiger partial charge in [0.15, 0.2) is 5.17 Å². The largest absolute Gasteiger partial charge is 0.356 e. The van der Waals surface area contributed by atoms with Gasteiger partial charge in [-0.15, -0.1) is 0 Å². The number of carbonyl (C=O) groups excluding carboxylic acids is 1. The summed E-state index contributed by atoms with van der Waals surface area (Å²) in [5.74, 6) is 1.18. The molecule has 108 valence electrons. The highest BCUT2D eigenvalue weighted by Gasteiger charge is 2.36. The third-order valence-corrected chi connectivity index (χ3v) is 4.96. The number of hydrogen-bond acceptors (Lipinski definition) is 4. The van der Waals surface area contributed by atoms with Crippen LogP contribution in [0.2, 0.25) is 0 Å². The van der Waals surface area contributed by atoms with Crippen molar-refractivity contribution in [1.29, 1.82) is 0 Å². The van der Waals surface area contributed by atoms with Crippen LogP contribution in [-0.4, -0.2) is 35.5 Å². The zero-order chi connectivity index (χ0) is 13.9. The summed E-state index contributed by atoms with van der Waals surface area (Å²) in [6.45, 7) is 7.21. The molecule has 5 heteroatoms. The van der Waals surface area contributed by atoms with E-state index in [4.69, 9.17) is 0 Å². The SMILES string of the molecule is CC(C)(C)NC(=O)CNC1=NCC2(CCCC2)CS1. The van der Waals surface area contributed by atoms with Crippen LogP contribution in [0.4, 0.5) is 0 Å². The van der Waals surface area contributed by atoms with Crippen LogP contribution in [-0.2, 0) is 4.79 Å². The summed E-state index contributed by atoms with van der Waals surface area (Å²) in [6, 6.07) is 0. The van der Waals surface area contributed by atoms with Gasteiger partial charge in [-0.3, -0.25) is 9.79 Å². The molecule has 0 aromatic heterocycles. The zero-order valence-corrected chi connectivity index (χ0v) is 13.0. The number of amidine groups is 1. The number of thioether (sulfide) groups is 1.